The molecule has 0 aliphatic heterocycles. The molecule has 0 bridgehead atoms. The number of aryl methyl sites for hydroxylation is 1. The fourth-order valence-corrected chi connectivity index (χ4v) is 1.75. The van der Waals surface area contributed by atoms with E-state index in [1.165, 1.54) is 6.26 Å². The van der Waals surface area contributed by atoms with Gasteiger partial charge in [0, 0.05) is 11.6 Å². The van der Waals surface area contributed by atoms with Crippen LogP contribution >= 0.6 is 15.9 Å². The molecule has 16 heavy (non-hydrogen) atoms. The zero-order valence-corrected chi connectivity index (χ0v) is 10.1. The highest BCUT2D eigenvalue weighted by molar-refractivity contribution is 9.10. The number of amides is 1. The molecule has 0 saturated carbocycles. The quantitative estimate of drug-likeness (QED) is 0.939. The van der Waals surface area contributed by atoms with Crippen LogP contribution in [0, 0.1) is 6.92 Å². The van der Waals surface area contributed by atoms with Gasteiger partial charge in [0.15, 0.2) is 10.4 Å². The molecule has 0 atom stereocenters. The lowest BCUT2D eigenvalue weighted by atomic mass is 10.2. The van der Waals surface area contributed by atoms with Gasteiger partial charge in [-0.05, 0) is 28.9 Å². The van der Waals surface area contributed by atoms with Crippen molar-refractivity contribution in [2.75, 3.05) is 0 Å². The van der Waals surface area contributed by atoms with Gasteiger partial charge < -0.3 is 14.3 Å². The summed E-state index contributed by atoms with van der Waals surface area (Å²) < 4.78 is 10.4. The molecular formula is C10H9BrN2O3. The van der Waals surface area contributed by atoms with Gasteiger partial charge in [0.2, 0.25) is 0 Å². The number of rotatable bonds is 3. The zero-order valence-electron chi connectivity index (χ0n) is 8.49. The summed E-state index contributed by atoms with van der Waals surface area (Å²) in [5.41, 5.74) is 1.45. The number of furan rings is 1. The predicted molar refractivity (Wildman–Crippen MR) is 58.8 cm³/mol. The van der Waals surface area contributed by atoms with Crippen LogP contribution in [0.25, 0.3) is 0 Å². The van der Waals surface area contributed by atoms with Crippen molar-refractivity contribution in [3.05, 3.63) is 40.1 Å². The minimum Gasteiger partial charge on any atom is -0.444 e. The highest BCUT2D eigenvalue weighted by Crippen LogP contribution is 2.19. The standard InChI is InChI=1S/C10H9BrN2O3/c1-6-4-8(11)16-9(6)10(14)12-5-7-2-3-15-13-7/h2-4H,5H2,1H3,(H,12,14). The van der Waals surface area contributed by atoms with E-state index in [-0.39, 0.29) is 5.91 Å². The lowest BCUT2D eigenvalue weighted by Crippen LogP contribution is -2.23. The van der Waals surface area contributed by atoms with Crippen LogP contribution in [-0.2, 0) is 6.54 Å². The maximum atomic E-state index is 11.7. The Balaban J connectivity index is 2.01. The largest absolute Gasteiger partial charge is 0.444 e. The summed E-state index contributed by atoms with van der Waals surface area (Å²) >= 11 is 3.17. The summed E-state index contributed by atoms with van der Waals surface area (Å²) in [6, 6.07) is 3.43. The van der Waals surface area contributed by atoms with Crippen LogP contribution in [0.2, 0.25) is 0 Å². The lowest BCUT2D eigenvalue weighted by molar-refractivity contribution is 0.0920. The molecule has 0 spiro atoms. The third kappa shape index (κ3) is 2.33. The number of nitrogens with zero attached hydrogens (tertiary/aromatic N) is 1. The number of nitrogens with one attached hydrogen (secondary N) is 1. The Hall–Kier alpha value is -1.56. The summed E-state index contributed by atoms with van der Waals surface area (Å²) in [7, 11) is 0. The Morgan fingerprint density at radius 2 is 2.44 bits per heavy atom. The van der Waals surface area contributed by atoms with Crippen molar-refractivity contribution in [2.45, 2.75) is 13.5 Å². The second kappa shape index (κ2) is 4.52. The van der Waals surface area contributed by atoms with E-state index in [0.29, 0.717) is 22.7 Å². The van der Waals surface area contributed by atoms with Gasteiger partial charge in [0.1, 0.15) is 12.0 Å². The lowest BCUT2D eigenvalue weighted by Gasteiger charge is -2.00. The average Bonchev–Trinajstić information content (AvgIpc) is 2.84. The first-order valence-electron chi connectivity index (χ1n) is 4.60. The van der Waals surface area contributed by atoms with Gasteiger partial charge in [-0.15, -0.1) is 0 Å². The molecule has 0 aromatic carbocycles. The van der Waals surface area contributed by atoms with E-state index < -0.39 is 0 Å². The Bertz CT molecular complexity index is 490. The van der Waals surface area contributed by atoms with Crippen LogP contribution < -0.4 is 5.32 Å². The zero-order chi connectivity index (χ0) is 11.5. The molecule has 2 heterocycles. The Labute approximate surface area is 99.9 Å². The monoisotopic (exact) mass is 284 g/mol. The maximum absolute atomic E-state index is 11.7. The third-order valence-corrected chi connectivity index (χ3v) is 2.41. The molecule has 1 amide bonds. The minimum atomic E-state index is -0.272. The number of carbonyl (C=O) groups excluding carboxylic acids is 1. The first-order valence-corrected chi connectivity index (χ1v) is 5.39. The van der Waals surface area contributed by atoms with Crippen molar-refractivity contribution < 1.29 is 13.7 Å². The molecule has 0 aliphatic carbocycles. The van der Waals surface area contributed by atoms with Crippen molar-refractivity contribution in [3.8, 4) is 0 Å². The molecular weight excluding hydrogens is 276 g/mol. The molecule has 2 aromatic rings. The topological polar surface area (TPSA) is 68.3 Å². The first kappa shape index (κ1) is 10.9. The number of hydrogen-bond donors (Lipinski definition) is 1. The van der Waals surface area contributed by atoms with Crippen LogP contribution in [0.3, 0.4) is 0 Å². The highest BCUT2D eigenvalue weighted by Gasteiger charge is 2.14. The third-order valence-electron chi connectivity index (χ3n) is 2.02. The van der Waals surface area contributed by atoms with E-state index in [2.05, 4.69) is 30.9 Å². The van der Waals surface area contributed by atoms with E-state index in [1.807, 2.05) is 0 Å². The fraction of sp³-hybridized carbons (Fsp3) is 0.200. The van der Waals surface area contributed by atoms with E-state index in [9.17, 15) is 4.79 Å². The Kier molecular flexibility index (Phi) is 3.09. The van der Waals surface area contributed by atoms with Gasteiger partial charge in [0.05, 0.1) is 6.54 Å². The summed E-state index contributed by atoms with van der Waals surface area (Å²) in [6.07, 6.45) is 1.45. The van der Waals surface area contributed by atoms with Crippen molar-refractivity contribution in [1.29, 1.82) is 0 Å². The van der Waals surface area contributed by atoms with Crippen LogP contribution in [0.1, 0.15) is 21.8 Å². The second-order valence-corrected chi connectivity index (χ2v) is 4.02. The summed E-state index contributed by atoms with van der Waals surface area (Å²) in [5, 5.41) is 6.36. The minimum absolute atomic E-state index is 0.272. The van der Waals surface area contributed by atoms with Gasteiger partial charge in [-0.1, -0.05) is 5.16 Å². The van der Waals surface area contributed by atoms with E-state index in [0.717, 1.165) is 5.56 Å². The molecule has 0 saturated heterocycles. The second-order valence-electron chi connectivity index (χ2n) is 3.24. The molecule has 0 radical (unpaired) electrons. The van der Waals surface area contributed by atoms with Gasteiger partial charge in [-0.25, -0.2) is 0 Å². The number of aromatic nitrogens is 1. The molecule has 5 nitrogen and oxygen atoms in total. The van der Waals surface area contributed by atoms with Gasteiger partial charge >= 0.3 is 0 Å². The van der Waals surface area contributed by atoms with Crippen LogP contribution in [0.4, 0.5) is 0 Å². The molecule has 2 rings (SSSR count). The highest BCUT2D eigenvalue weighted by atomic mass is 79.9. The Morgan fingerprint density at radius 3 is 3.00 bits per heavy atom. The summed E-state index contributed by atoms with van der Waals surface area (Å²) in [6.45, 7) is 2.12. The Morgan fingerprint density at radius 1 is 1.62 bits per heavy atom. The van der Waals surface area contributed by atoms with Gasteiger partial charge in [0.25, 0.3) is 5.91 Å². The van der Waals surface area contributed by atoms with Crippen molar-refractivity contribution >= 4 is 21.8 Å². The van der Waals surface area contributed by atoms with Crippen molar-refractivity contribution in [1.82, 2.24) is 10.5 Å². The normalized spacial score (nSPS) is 10.4. The molecule has 1 N–H and O–H groups in total. The predicted octanol–water partition coefficient (Wildman–Crippen LogP) is 2.27. The molecule has 0 fully saturated rings. The number of carbonyl (C=O) groups is 1. The smallest absolute Gasteiger partial charge is 0.287 e. The number of hydrogen-bond acceptors (Lipinski definition) is 4. The average molecular weight is 285 g/mol. The molecule has 0 aliphatic rings. The SMILES string of the molecule is Cc1cc(Br)oc1C(=O)NCc1ccon1. The first-order chi connectivity index (χ1) is 7.66. The van der Waals surface area contributed by atoms with E-state index >= 15 is 0 Å². The van der Waals surface area contributed by atoms with Gasteiger partial charge in [-0.2, -0.15) is 0 Å². The van der Waals surface area contributed by atoms with Gasteiger partial charge in [-0.3, -0.25) is 4.79 Å². The van der Waals surface area contributed by atoms with E-state index in [1.54, 1.807) is 19.1 Å². The van der Waals surface area contributed by atoms with Crippen molar-refractivity contribution in [3.63, 3.8) is 0 Å². The summed E-state index contributed by atoms with van der Waals surface area (Å²) in [5.74, 6) is 0.0292. The van der Waals surface area contributed by atoms with Crippen LogP contribution in [0.15, 0.2) is 32.0 Å². The molecule has 2 aromatic heterocycles. The van der Waals surface area contributed by atoms with Crippen LogP contribution in [-0.4, -0.2) is 11.1 Å². The number of halogens is 1. The van der Waals surface area contributed by atoms with E-state index in [4.69, 9.17) is 4.42 Å². The maximum Gasteiger partial charge on any atom is 0.287 e. The molecule has 6 heteroatoms. The molecule has 0 unspecified atom stereocenters. The van der Waals surface area contributed by atoms with Crippen molar-refractivity contribution in [2.24, 2.45) is 0 Å². The van der Waals surface area contributed by atoms with Crippen LogP contribution in [0.5, 0.6) is 0 Å². The fourth-order valence-electron chi connectivity index (χ4n) is 1.25. The summed E-state index contributed by atoms with van der Waals surface area (Å²) in [4.78, 5) is 11.7. The molecule has 84 valence electrons.